The molecule has 0 aliphatic heterocycles. The molecule has 96 valence electrons. The molecule has 19 heavy (non-hydrogen) atoms. The maximum atomic E-state index is 13.5. The molecule has 0 heterocycles. The van der Waals surface area contributed by atoms with Gasteiger partial charge in [-0.1, -0.05) is 22.0 Å². The summed E-state index contributed by atoms with van der Waals surface area (Å²) in [4.78, 5) is 0. The quantitative estimate of drug-likeness (QED) is 0.849. The van der Waals surface area contributed by atoms with E-state index in [0.29, 0.717) is 10.0 Å². The highest BCUT2D eigenvalue weighted by molar-refractivity contribution is 9.10. The average Bonchev–Trinajstić information content (AvgIpc) is 2.39. The Balaban J connectivity index is 2.13. The second kappa shape index (κ2) is 5.81. The summed E-state index contributed by atoms with van der Waals surface area (Å²) in [5.41, 5.74) is 0.534. The third-order valence-corrected chi connectivity index (χ3v) is 2.95. The van der Waals surface area contributed by atoms with Crippen LogP contribution in [0.25, 0.3) is 0 Å². The van der Waals surface area contributed by atoms with Gasteiger partial charge in [0, 0.05) is 10.0 Å². The first-order valence-corrected chi connectivity index (χ1v) is 6.16. The molecule has 2 nitrogen and oxygen atoms in total. The van der Waals surface area contributed by atoms with Gasteiger partial charge in [0.1, 0.15) is 12.4 Å². The Bertz CT molecular complexity index is 652. The highest BCUT2D eigenvalue weighted by Crippen LogP contribution is 2.21. The maximum absolute atomic E-state index is 13.5. The minimum absolute atomic E-state index is 0.0127. The van der Waals surface area contributed by atoms with Crippen molar-refractivity contribution in [3.8, 4) is 11.8 Å². The molecule has 5 heteroatoms. The normalized spacial score (nSPS) is 10.0. The largest absolute Gasteiger partial charge is 0.486 e. The summed E-state index contributed by atoms with van der Waals surface area (Å²) < 4.78 is 32.9. The van der Waals surface area contributed by atoms with Crippen LogP contribution in [0, 0.1) is 23.0 Å². The van der Waals surface area contributed by atoms with Gasteiger partial charge < -0.3 is 4.74 Å². The van der Waals surface area contributed by atoms with Crippen molar-refractivity contribution in [2.45, 2.75) is 6.61 Å². The van der Waals surface area contributed by atoms with E-state index in [1.54, 1.807) is 12.1 Å². The lowest BCUT2D eigenvalue weighted by atomic mass is 10.2. The van der Waals surface area contributed by atoms with Crippen LogP contribution in [0.15, 0.2) is 40.9 Å². The number of nitriles is 1. The molecule has 0 aliphatic rings. The van der Waals surface area contributed by atoms with E-state index in [2.05, 4.69) is 15.9 Å². The van der Waals surface area contributed by atoms with Crippen molar-refractivity contribution in [1.29, 1.82) is 5.26 Å². The van der Waals surface area contributed by atoms with Crippen LogP contribution in [0.5, 0.6) is 5.75 Å². The summed E-state index contributed by atoms with van der Waals surface area (Å²) in [7, 11) is 0. The Hall–Kier alpha value is -1.93. The number of benzene rings is 2. The van der Waals surface area contributed by atoms with Gasteiger partial charge in [0.05, 0.1) is 11.6 Å². The van der Waals surface area contributed by atoms with Gasteiger partial charge in [0.15, 0.2) is 11.6 Å². The Morgan fingerprint density at radius 1 is 1.11 bits per heavy atom. The van der Waals surface area contributed by atoms with Crippen molar-refractivity contribution in [2.24, 2.45) is 0 Å². The van der Waals surface area contributed by atoms with E-state index in [-0.39, 0.29) is 17.9 Å². The second-order valence-electron chi connectivity index (χ2n) is 3.78. The molecule has 0 saturated heterocycles. The molecule has 0 amide bonds. The molecule has 0 unspecified atom stereocenters. The van der Waals surface area contributed by atoms with Crippen molar-refractivity contribution in [1.82, 2.24) is 0 Å². The molecule has 0 radical (unpaired) electrons. The number of nitrogens with zero attached hydrogens (tertiary/aromatic N) is 1. The molecular weight excluding hydrogens is 316 g/mol. The van der Waals surface area contributed by atoms with Crippen LogP contribution in [-0.2, 0) is 6.61 Å². The van der Waals surface area contributed by atoms with Crippen molar-refractivity contribution in [2.75, 3.05) is 0 Å². The molecule has 2 aromatic rings. The van der Waals surface area contributed by atoms with Gasteiger partial charge >= 0.3 is 0 Å². The Kier molecular flexibility index (Phi) is 4.13. The van der Waals surface area contributed by atoms with Crippen LogP contribution >= 0.6 is 15.9 Å². The molecule has 0 atom stereocenters. The van der Waals surface area contributed by atoms with E-state index in [0.717, 1.165) is 6.07 Å². The molecule has 0 spiro atoms. The van der Waals surface area contributed by atoms with Crippen molar-refractivity contribution in [3.05, 3.63) is 63.6 Å². The molecule has 2 aromatic carbocycles. The monoisotopic (exact) mass is 323 g/mol. The second-order valence-corrected chi connectivity index (χ2v) is 4.70. The van der Waals surface area contributed by atoms with Crippen LogP contribution < -0.4 is 4.74 Å². The predicted octanol–water partition coefficient (Wildman–Crippen LogP) is 4.18. The number of ether oxygens (including phenoxy) is 1. The zero-order valence-electron chi connectivity index (χ0n) is 9.66. The van der Waals surface area contributed by atoms with E-state index >= 15 is 0 Å². The topological polar surface area (TPSA) is 33.0 Å². The number of hydrogen-bond donors (Lipinski definition) is 0. The fraction of sp³-hybridized carbons (Fsp3) is 0.0714. The van der Waals surface area contributed by atoms with Gasteiger partial charge in [-0.2, -0.15) is 5.26 Å². The molecule has 0 aliphatic carbocycles. The van der Waals surface area contributed by atoms with Gasteiger partial charge in [-0.25, -0.2) is 8.78 Å². The first-order valence-electron chi connectivity index (χ1n) is 5.36. The standard InChI is InChI=1S/C14H8BrF2NO/c15-11-3-2-10(12(16)6-11)8-19-14-4-1-9(7-18)5-13(14)17/h1-6H,8H2. The van der Waals surface area contributed by atoms with Crippen LogP contribution in [0.2, 0.25) is 0 Å². The average molecular weight is 324 g/mol. The molecule has 0 saturated carbocycles. The van der Waals surface area contributed by atoms with Gasteiger partial charge in [0.2, 0.25) is 0 Å². The molecule has 0 aromatic heterocycles. The number of hydrogen-bond acceptors (Lipinski definition) is 2. The van der Waals surface area contributed by atoms with E-state index in [1.165, 1.54) is 18.2 Å². The summed E-state index contributed by atoms with van der Waals surface area (Å²) in [5, 5.41) is 8.61. The first-order chi connectivity index (χ1) is 9.10. The highest BCUT2D eigenvalue weighted by atomic mass is 79.9. The summed E-state index contributed by atoms with van der Waals surface area (Å²) >= 11 is 3.15. The van der Waals surface area contributed by atoms with Gasteiger partial charge in [0.25, 0.3) is 0 Å². The minimum Gasteiger partial charge on any atom is -0.486 e. The Labute approximate surface area is 117 Å². The third kappa shape index (κ3) is 3.30. The van der Waals surface area contributed by atoms with Crippen molar-refractivity contribution in [3.63, 3.8) is 0 Å². The van der Waals surface area contributed by atoms with Crippen molar-refractivity contribution < 1.29 is 13.5 Å². The van der Waals surface area contributed by atoms with Crippen LogP contribution in [0.4, 0.5) is 8.78 Å². The number of halogens is 3. The molecule has 0 fully saturated rings. The fourth-order valence-electron chi connectivity index (χ4n) is 1.48. The maximum Gasteiger partial charge on any atom is 0.166 e. The van der Waals surface area contributed by atoms with E-state index in [9.17, 15) is 8.78 Å². The zero-order chi connectivity index (χ0) is 13.8. The molecule has 2 rings (SSSR count). The Morgan fingerprint density at radius 2 is 1.89 bits per heavy atom. The van der Waals surface area contributed by atoms with E-state index in [1.807, 2.05) is 6.07 Å². The summed E-state index contributed by atoms with van der Waals surface area (Å²) in [5.74, 6) is -1.08. The molecule has 0 bridgehead atoms. The number of rotatable bonds is 3. The summed E-state index contributed by atoms with van der Waals surface area (Å²) in [6.45, 7) is -0.0814. The predicted molar refractivity (Wildman–Crippen MR) is 69.5 cm³/mol. The molecule has 0 N–H and O–H groups in total. The van der Waals surface area contributed by atoms with Gasteiger partial charge in [-0.05, 0) is 30.3 Å². The summed E-state index contributed by atoms with van der Waals surface area (Å²) in [6, 6.07) is 10.2. The van der Waals surface area contributed by atoms with Crippen molar-refractivity contribution >= 4 is 15.9 Å². The van der Waals surface area contributed by atoms with Crippen LogP contribution in [-0.4, -0.2) is 0 Å². The van der Waals surface area contributed by atoms with Gasteiger partial charge in [-0.15, -0.1) is 0 Å². The lowest BCUT2D eigenvalue weighted by molar-refractivity contribution is 0.284. The lowest BCUT2D eigenvalue weighted by Gasteiger charge is -2.08. The van der Waals surface area contributed by atoms with Crippen LogP contribution in [0.1, 0.15) is 11.1 Å². The Morgan fingerprint density at radius 3 is 2.53 bits per heavy atom. The first kappa shape index (κ1) is 13.5. The van der Waals surface area contributed by atoms with E-state index < -0.39 is 11.6 Å². The molecular formula is C14H8BrF2NO. The smallest absolute Gasteiger partial charge is 0.166 e. The summed E-state index contributed by atoms with van der Waals surface area (Å²) in [6.07, 6.45) is 0. The minimum atomic E-state index is -0.642. The zero-order valence-corrected chi connectivity index (χ0v) is 11.2. The van der Waals surface area contributed by atoms with E-state index in [4.69, 9.17) is 10.00 Å². The fourth-order valence-corrected chi connectivity index (χ4v) is 1.81. The lowest BCUT2D eigenvalue weighted by Crippen LogP contribution is -2.00. The highest BCUT2D eigenvalue weighted by Gasteiger charge is 2.07. The van der Waals surface area contributed by atoms with Gasteiger partial charge in [-0.3, -0.25) is 0 Å². The SMILES string of the molecule is N#Cc1ccc(OCc2ccc(Br)cc2F)c(F)c1. The van der Waals surface area contributed by atoms with Crippen LogP contribution in [0.3, 0.4) is 0 Å². The third-order valence-electron chi connectivity index (χ3n) is 2.46.